The number of fused-ring (bicyclic) bond motifs is 1. The molecule has 0 bridgehead atoms. The Bertz CT molecular complexity index is 589. The van der Waals surface area contributed by atoms with Gasteiger partial charge in [-0.2, -0.15) is 0 Å². The highest BCUT2D eigenvalue weighted by atomic mass is 15.3. The summed E-state index contributed by atoms with van der Waals surface area (Å²) in [5.41, 5.74) is 7.74. The van der Waals surface area contributed by atoms with Crippen LogP contribution in [0.3, 0.4) is 0 Å². The molecule has 20 heavy (non-hydrogen) atoms. The lowest BCUT2D eigenvalue weighted by Gasteiger charge is -2.37. The van der Waals surface area contributed by atoms with E-state index in [-0.39, 0.29) is 0 Å². The van der Waals surface area contributed by atoms with Gasteiger partial charge in [0, 0.05) is 24.3 Å². The first-order valence-electron chi connectivity index (χ1n) is 7.50. The van der Waals surface area contributed by atoms with Gasteiger partial charge in [-0.15, -0.1) is 10.2 Å². The smallest absolute Gasteiger partial charge is 0.165 e. The van der Waals surface area contributed by atoms with Crippen molar-refractivity contribution in [2.24, 2.45) is 5.73 Å². The van der Waals surface area contributed by atoms with E-state index in [0.29, 0.717) is 18.6 Å². The van der Waals surface area contributed by atoms with Crippen LogP contribution in [0.2, 0.25) is 0 Å². The number of rotatable bonds is 3. The zero-order valence-corrected chi connectivity index (χ0v) is 12.3. The normalized spacial score (nSPS) is 20.9. The molecule has 0 spiro atoms. The van der Waals surface area contributed by atoms with Crippen molar-refractivity contribution in [1.29, 1.82) is 0 Å². The predicted molar refractivity (Wildman–Crippen MR) is 79.3 cm³/mol. The Labute approximate surface area is 119 Å². The van der Waals surface area contributed by atoms with Gasteiger partial charge in [-0.1, -0.05) is 12.5 Å². The molecular weight excluding hydrogens is 250 g/mol. The molecule has 3 heterocycles. The van der Waals surface area contributed by atoms with Crippen molar-refractivity contribution in [2.45, 2.75) is 51.7 Å². The minimum absolute atomic E-state index is 0.367. The quantitative estimate of drug-likeness (QED) is 0.930. The number of likely N-dealkylation sites (tertiary alicyclic amines) is 1. The van der Waals surface area contributed by atoms with Gasteiger partial charge in [0.1, 0.15) is 0 Å². The van der Waals surface area contributed by atoms with Crippen LogP contribution in [0, 0.1) is 0 Å². The van der Waals surface area contributed by atoms with Gasteiger partial charge in [-0.3, -0.25) is 9.30 Å². The van der Waals surface area contributed by atoms with E-state index in [0.717, 1.165) is 30.0 Å². The van der Waals surface area contributed by atoms with Crippen LogP contribution in [0.1, 0.15) is 50.5 Å². The van der Waals surface area contributed by atoms with Crippen LogP contribution in [0.5, 0.6) is 0 Å². The van der Waals surface area contributed by atoms with Gasteiger partial charge < -0.3 is 5.73 Å². The summed E-state index contributed by atoms with van der Waals surface area (Å²) >= 11 is 0. The third kappa shape index (κ3) is 2.21. The van der Waals surface area contributed by atoms with E-state index in [4.69, 9.17) is 5.73 Å². The van der Waals surface area contributed by atoms with E-state index in [9.17, 15) is 0 Å². The van der Waals surface area contributed by atoms with E-state index in [2.05, 4.69) is 39.5 Å². The summed E-state index contributed by atoms with van der Waals surface area (Å²) in [7, 11) is 0. The molecule has 1 aliphatic rings. The Morgan fingerprint density at radius 2 is 2.20 bits per heavy atom. The topological polar surface area (TPSA) is 59.5 Å². The lowest BCUT2D eigenvalue weighted by atomic mass is 10.00. The predicted octanol–water partition coefficient (Wildman–Crippen LogP) is 2.12. The Kier molecular flexibility index (Phi) is 3.72. The average molecular weight is 273 g/mol. The molecule has 1 aliphatic heterocycles. The maximum Gasteiger partial charge on any atom is 0.165 e. The van der Waals surface area contributed by atoms with Gasteiger partial charge in [0.25, 0.3) is 0 Å². The van der Waals surface area contributed by atoms with Crippen LogP contribution < -0.4 is 5.73 Å². The molecule has 2 N–H and O–H groups in total. The van der Waals surface area contributed by atoms with Crippen LogP contribution in [0.25, 0.3) is 5.65 Å². The van der Waals surface area contributed by atoms with Crippen LogP contribution in [0.4, 0.5) is 0 Å². The van der Waals surface area contributed by atoms with E-state index >= 15 is 0 Å². The van der Waals surface area contributed by atoms with Crippen LogP contribution >= 0.6 is 0 Å². The zero-order valence-electron chi connectivity index (χ0n) is 12.3. The molecule has 1 atom stereocenters. The van der Waals surface area contributed by atoms with Crippen molar-refractivity contribution in [3.8, 4) is 0 Å². The van der Waals surface area contributed by atoms with Gasteiger partial charge in [0.2, 0.25) is 0 Å². The van der Waals surface area contributed by atoms with Crippen LogP contribution in [-0.2, 0) is 6.54 Å². The van der Waals surface area contributed by atoms with Gasteiger partial charge >= 0.3 is 0 Å². The summed E-state index contributed by atoms with van der Waals surface area (Å²) in [4.78, 5) is 2.54. The molecular formula is C15H23N5. The molecule has 5 heteroatoms. The van der Waals surface area contributed by atoms with Crippen molar-refractivity contribution in [3.05, 3.63) is 29.7 Å². The summed E-state index contributed by atoms with van der Waals surface area (Å²) in [6, 6.07) is 4.96. The first-order valence-corrected chi connectivity index (χ1v) is 7.50. The fourth-order valence-corrected chi connectivity index (χ4v) is 3.22. The van der Waals surface area contributed by atoms with Crippen LogP contribution in [-0.4, -0.2) is 32.1 Å². The molecule has 5 nitrogen and oxygen atoms in total. The minimum Gasteiger partial charge on any atom is -0.326 e. The summed E-state index contributed by atoms with van der Waals surface area (Å²) in [5.74, 6) is 1.06. The third-order valence-electron chi connectivity index (χ3n) is 4.27. The molecule has 1 saturated heterocycles. The second kappa shape index (κ2) is 5.50. The first kappa shape index (κ1) is 13.5. The highest BCUT2D eigenvalue weighted by Crippen LogP contribution is 2.31. The minimum atomic E-state index is 0.367. The van der Waals surface area contributed by atoms with Crippen LogP contribution in [0.15, 0.2) is 18.3 Å². The van der Waals surface area contributed by atoms with Gasteiger partial charge in [-0.05, 0) is 39.3 Å². The molecule has 108 valence electrons. The molecule has 0 aromatic carbocycles. The summed E-state index contributed by atoms with van der Waals surface area (Å²) in [5, 5.41) is 8.84. The molecule has 1 unspecified atom stereocenters. The molecule has 0 saturated carbocycles. The monoisotopic (exact) mass is 273 g/mol. The second-order valence-electron chi connectivity index (χ2n) is 5.83. The highest BCUT2D eigenvalue weighted by molar-refractivity contribution is 5.47. The summed E-state index contributed by atoms with van der Waals surface area (Å²) in [6.45, 7) is 6.16. The van der Waals surface area contributed by atoms with Crippen molar-refractivity contribution in [1.82, 2.24) is 19.5 Å². The molecule has 0 amide bonds. The Hall–Kier alpha value is -1.46. The first-order chi connectivity index (χ1) is 9.72. The largest absolute Gasteiger partial charge is 0.326 e. The second-order valence-corrected chi connectivity index (χ2v) is 5.83. The summed E-state index contributed by atoms with van der Waals surface area (Å²) < 4.78 is 2.12. The zero-order chi connectivity index (χ0) is 14.1. The van der Waals surface area contributed by atoms with E-state index in [1.807, 2.05) is 12.1 Å². The third-order valence-corrected chi connectivity index (χ3v) is 4.27. The maximum absolute atomic E-state index is 5.79. The maximum atomic E-state index is 5.79. The molecule has 0 aliphatic carbocycles. The number of hydrogen-bond acceptors (Lipinski definition) is 4. The van der Waals surface area contributed by atoms with Crippen molar-refractivity contribution in [3.63, 3.8) is 0 Å². The average Bonchev–Trinajstić information content (AvgIpc) is 2.90. The molecule has 2 aromatic heterocycles. The Balaban J connectivity index is 2.04. The number of piperidine rings is 1. The van der Waals surface area contributed by atoms with Gasteiger partial charge in [0.05, 0.1) is 6.04 Å². The summed E-state index contributed by atoms with van der Waals surface area (Å²) in [6.07, 6.45) is 5.75. The highest BCUT2D eigenvalue weighted by Gasteiger charge is 2.29. The fourth-order valence-electron chi connectivity index (χ4n) is 3.22. The number of nitrogens with zero attached hydrogens (tertiary/aromatic N) is 4. The number of hydrogen-bond donors (Lipinski definition) is 1. The number of aromatic nitrogens is 3. The SMILES string of the molecule is CC(C)N1CCCCC1c1nnc2c(CN)cccn12. The number of nitrogens with two attached hydrogens (primary N) is 1. The Morgan fingerprint density at radius 1 is 1.35 bits per heavy atom. The molecule has 1 fully saturated rings. The molecule has 3 rings (SSSR count). The van der Waals surface area contributed by atoms with Gasteiger partial charge in [0.15, 0.2) is 11.5 Å². The van der Waals surface area contributed by atoms with Crippen molar-refractivity contribution in [2.75, 3.05) is 6.54 Å². The molecule has 2 aromatic rings. The number of pyridine rings is 1. The Morgan fingerprint density at radius 3 is 2.95 bits per heavy atom. The van der Waals surface area contributed by atoms with E-state index in [1.165, 1.54) is 12.8 Å². The standard InChI is InChI=1S/C15H23N5/c1-11(2)19-8-4-3-7-13(19)15-18-17-14-12(10-16)6-5-9-20(14)15/h5-6,9,11,13H,3-4,7-8,10,16H2,1-2H3. The van der Waals surface area contributed by atoms with Gasteiger partial charge in [-0.25, -0.2) is 0 Å². The van der Waals surface area contributed by atoms with E-state index in [1.54, 1.807) is 0 Å². The lowest BCUT2D eigenvalue weighted by Crippen LogP contribution is -2.39. The van der Waals surface area contributed by atoms with E-state index < -0.39 is 0 Å². The van der Waals surface area contributed by atoms with Crippen molar-refractivity contribution < 1.29 is 0 Å². The fraction of sp³-hybridized carbons (Fsp3) is 0.600. The van der Waals surface area contributed by atoms with Crippen molar-refractivity contribution >= 4 is 5.65 Å². The lowest BCUT2D eigenvalue weighted by molar-refractivity contribution is 0.105. The molecule has 0 radical (unpaired) electrons.